The second-order valence-corrected chi connectivity index (χ2v) is 5.13. The van der Waals surface area contributed by atoms with E-state index in [0.29, 0.717) is 18.8 Å². The zero-order chi connectivity index (χ0) is 15.9. The summed E-state index contributed by atoms with van der Waals surface area (Å²) in [5.41, 5.74) is 0.790. The van der Waals surface area contributed by atoms with Gasteiger partial charge in [0.25, 0.3) is 0 Å². The molecule has 2 saturated heterocycles. The first kappa shape index (κ1) is 17.1. The standard InChI is InChI=1S/C9H16N2O2.C4H4O4/c1-11-4-2-9(3-5-11)6-8(10-12)7-13-9;5-3(6)1-2-4(7)8/h12H,2-7H2,1H3;1-2H,(H,5,6)(H,7,8)/b;2-1-. The Hall–Kier alpha value is -1.93. The van der Waals surface area contributed by atoms with Crippen LogP contribution in [0.5, 0.6) is 0 Å². The number of oxime groups is 1. The molecule has 3 N–H and O–H groups in total. The van der Waals surface area contributed by atoms with Gasteiger partial charge in [-0.1, -0.05) is 5.16 Å². The van der Waals surface area contributed by atoms with Gasteiger partial charge < -0.3 is 25.1 Å². The SMILES string of the molecule is CN1CCC2(CC1)CC(=NO)CO2.O=C(O)/C=C\C(=O)O. The van der Waals surface area contributed by atoms with Gasteiger partial charge in [-0.3, -0.25) is 0 Å². The number of carboxylic acids is 2. The van der Waals surface area contributed by atoms with Gasteiger partial charge in [0.2, 0.25) is 0 Å². The van der Waals surface area contributed by atoms with Gasteiger partial charge in [-0.2, -0.15) is 0 Å². The first-order chi connectivity index (χ1) is 9.87. The number of ether oxygens (including phenoxy) is 1. The van der Waals surface area contributed by atoms with Crippen LogP contribution < -0.4 is 0 Å². The highest BCUT2D eigenvalue weighted by atomic mass is 16.5. The summed E-state index contributed by atoms with van der Waals surface area (Å²) in [7, 11) is 2.13. The van der Waals surface area contributed by atoms with Gasteiger partial charge in [0, 0.05) is 31.7 Å². The predicted octanol–water partition coefficient (Wildman–Crippen LogP) is 0.413. The van der Waals surface area contributed by atoms with E-state index in [-0.39, 0.29) is 5.60 Å². The lowest BCUT2D eigenvalue weighted by atomic mass is 9.88. The fourth-order valence-corrected chi connectivity index (χ4v) is 2.26. The number of rotatable bonds is 2. The maximum atomic E-state index is 9.55. The van der Waals surface area contributed by atoms with Crippen molar-refractivity contribution < 1.29 is 29.7 Å². The van der Waals surface area contributed by atoms with Crippen LogP contribution in [0.3, 0.4) is 0 Å². The number of carbonyl (C=O) groups is 2. The van der Waals surface area contributed by atoms with Crippen LogP contribution in [0.1, 0.15) is 19.3 Å². The molecule has 0 saturated carbocycles. The molecule has 0 aromatic rings. The molecular formula is C13H20N2O6. The summed E-state index contributed by atoms with van der Waals surface area (Å²) in [6, 6.07) is 0. The summed E-state index contributed by atoms with van der Waals surface area (Å²) < 4.78 is 5.72. The van der Waals surface area contributed by atoms with Crippen molar-refractivity contribution in [1.82, 2.24) is 4.90 Å². The van der Waals surface area contributed by atoms with Crippen LogP contribution in [-0.2, 0) is 14.3 Å². The van der Waals surface area contributed by atoms with Crippen molar-refractivity contribution in [3.05, 3.63) is 12.2 Å². The van der Waals surface area contributed by atoms with Crippen LogP contribution in [0.2, 0.25) is 0 Å². The molecule has 0 atom stereocenters. The largest absolute Gasteiger partial charge is 0.478 e. The average molecular weight is 300 g/mol. The summed E-state index contributed by atoms with van der Waals surface area (Å²) in [6.45, 7) is 2.68. The van der Waals surface area contributed by atoms with Crippen molar-refractivity contribution in [3.8, 4) is 0 Å². The van der Waals surface area contributed by atoms with Crippen LogP contribution >= 0.6 is 0 Å². The molecule has 8 nitrogen and oxygen atoms in total. The molecule has 0 aliphatic carbocycles. The molecular weight excluding hydrogens is 280 g/mol. The zero-order valence-electron chi connectivity index (χ0n) is 11.9. The van der Waals surface area contributed by atoms with Gasteiger partial charge in [-0.25, -0.2) is 9.59 Å². The third-order valence-corrected chi connectivity index (χ3v) is 3.48. The second-order valence-electron chi connectivity index (χ2n) is 5.13. The number of piperidine rings is 1. The summed E-state index contributed by atoms with van der Waals surface area (Å²) in [5, 5.41) is 27.5. The van der Waals surface area contributed by atoms with Crippen LogP contribution in [-0.4, -0.2) is 70.3 Å². The third-order valence-electron chi connectivity index (χ3n) is 3.48. The molecule has 0 aromatic heterocycles. The molecule has 2 aliphatic heterocycles. The Bertz CT molecular complexity index is 422. The zero-order valence-corrected chi connectivity index (χ0v) is 11.9. The number of nitrogens with zero attached hydrogens (tertiary/aromatic N) is 2. The van der Waals surface area contributed by atoms with E-state index in [1.54, 1.807) is 0 Å². The maximum absolute atomic E-state index is 9.55. The lowest BCUT2D eigenvalue weighted by Crippen LogP contribution is -2.42. The van der Waals surface area contributed by atoms with Gasteiger partial charge in [0.05, 0.1) is 17.9 Å². The van der Waals surface area contributed by atoms with Crippen molar-refractivity contribution in [2.75, 3.05) is 26.7 Å². The Morgan fingerprint density at radius 3 is 2.14 bits per heavy atom. The maximum Gasteiger partial charge on any atom is 0.328 e. The van der Waals surface area contributed by atoms with Crippen molar-refractivity contribution in [1.29, 1.82) is 0 Å². The normalized spacial score (nSPS) is 23.2. The van der Waals surface area contributed by atoms with E-state index >= 15 is 0 Å². The Balaban J connectivity index is 0.000000240. The van der Waals surface area contributed by atoms with Crippen LogP contribution in [0, 0.1) is 0 Å². The molecule has 0 radical (unpaired) electrons. The quantitative estimate of drug-likeness (QED) is 0.384. The molecule has 21 heavy (non-hydrogen) atoms. The summed E-state index contributed by atoms with van der Waals surface area (Å²) in [6.07, 6.45) is 4.05. The highest BCUT2D eigenvalue weighted by molar-refractivity contribution is 5.89. The minimum Gasteiger partial charge on any atom is -0.478 e. The van der Waals surface area contributed by atoms with E-state index in [9.17, 15) is 9.59 Å². The lowest BCUT2D eigenvalue weighted by molar-refractivity contribution is -0.134. The first-order valence-corrected chi connectivity index (χ1v) is 6.53. The van der Waals surface area contributed by atoms with Crippen LogP contribution in [0.15, 0.2) is 17.3 Å². The van der Waals surface area contributed by atoms with Crippen molar-refractivity contribution in [3.63, 3.8) is 0 Å². The number of likely N-dealkylation sites (tertiary alicyclic amines) is 1. The minimum atomic E-state index is -1.26. The molecule has 2 aliphatic rings. The van der Waals surface area contributed by atoms with Gasteiger partial charge in [-0.05, 0) is 19.9 Å². The van der Waals surface area contributed by atoms with E-state index in [4.69, 9.17) is 20.2 Å². The summed E-state index contributed by atoms with van der Waals surface area (Å²) in [4.78, 5) is 21.4. The van der Waals surface area contributed by atoms with E-state index < -0.39 is 11.9 Å². The van der Waals surface area contributed by atoms with Crippen molar-refractivity contribution in [2.45, 2.75) is 24.9 Å². The average Bonchev–Trinajstić information content (AvgIpc) is 2.84. The fraction of sp³-hybridized carbons (Fsp3) is 0.615. The number of hydrogen-bond donors (Lipinski definition) is 3. The Labute approximate surface area is 122 Å². The Kier molecular flexibility index (Phi) is 6.32. The van der Waals surface area contributed by atoms with Gasteiger partial charge >= 0.3 is 11.9 Å². The van der Waals surface area contributed by atoms with Crippen molar-refractivity contribution in [2.24, 2.45) is 5.16 Å². The number of hydrogen-bond acceptors (Lipinski definition) is 6. The molecule has 0 unspecified atom stereocenters. The number of carboxylic acid groups (broad SMARTS) is 2. The van der Waals surface area contributed by atoms with E-state index in [2.05, 4.69) is 17.1 Å². The van der Waals surface area contributed by atoms with E-state index in [1.807, 2.05) is 0 Å². The molecule has 2 heterocycles. The molecule has 2 fully saturated rings. The van der Waals surface area contributed by atoms with E-state index in [1.165, 1.54) is 0 Å². The fourth-order valence-electron chi connectivity index (χ4n) is 2.26. The smallest absolute Gasteiger partial charge is 0.328 e. The molecule has 0 aromatic carbocycles. The molecule has 8 heteroatoms. The topological polar surface area (TPSA) is 120 Å². The Morgan fingerprint density at radius 1 is 1.24 bits per heavy atom. The molecule has 0 bridgehead atoms. The third kappa shape index (κ3) is 5.92. The Morgan fingerprint density at radius 2 is 1.76 bits per heavy atom. The second kappa shape index (κ2) is 7.75. The molecule has 118 valence electrons. The highest BCUT2D eigenvalue weighted by Gasteiger charge is 2.40. The van der Waals surface area contributed by atoms with Gasteiger partial charge in [0.15, 0.2) is 0 Å². The van der Waals surface area contributed by atoms with Gasteiger partial charge in [-0.15, -0.1) is 0 Å². The number of aliphatic carboxylic acids is 2. The van der Waals surface area contributed by atoms with Crippen molar-refractivity contribution >= 4 is 17.7 Å². The van der Waals surface area contributed by atoms with Gasteiger partial charge in [0.1, 0.15) is 0 Å². The lowest BCUT2D eigenvalue weighted by Gasteiger charge is -2.36. The molecule has 2 rings (SSSR count). The minimum absolute atomic E-state index is 0.00588. The highest BCUT2D eigenvalue weighted by Crippen LogP contribution is 2.34. The monoisotopic (exact) mass is 300 g/mol. The van der Waals surface area contributed by atoms with Crippen LogP contribution in [0.4, 0.5) is 0 Å². The summed E-state index contributed by atoms with van der Waals surface area (Å²) >= 11 is 0. The van der Waals surface area contributed by atoms with E-state index in [0.717, 1.165) is 38.1 Å². The molecule has 1 spiro atoms. The predicted molar refractivity (Wildman–Crippen MR) is 73.7 cm³/mol. The van der Waals surface area contributed by atoms with Crippen LogP contribution in [0.25, 0.3) is 0 Å². The molecule has 0 amide bonds. The summed E-state index contributed by atoms with van der Waals surface area (Å²) in [5.74, 6) is -2.51. The first-order valence-electron chi connectivity index (χ1n) is 6.53.